The highest BCUT2D eigenvalue weighted by Gasteiger charge is 2.26. The van der Waals surface area contributed by atoms with E-state index in [0.717, 1.165) is 0 Å². The van der Waals surface area contributed by atoms with E-state index in [4.69, 9.17) is 4.89 Å². The Morgan fingerprint density at radius 1 is 1.08 bits per heavy atom. The van der Waals surface area contributed by atoms with E-state index in [1.54, 1.807) is 20.8 Å². The fourth-order valence-corrected chi connectivity index (χ4v) is 0.415. The molecule has 0 N–H and O–H groups in total. The van der Waals surface area contributed by atoms with Crippen LogP contribution in [0.5, 0.6) is 0 Å². The van der Waals surface area contributed by atoms with Gasteiger partial charge in [0, 0.05) is 5.41 Å². The Morgan fingerprint density at radius 3 is 1.85 bits per heavy atom. The molecule has 0 spiro atoms. The Morgan fingerprint density at radius 2 is 1.54 bits per heavy atom. The molecule has 0 aromatic carbocycles. The molecule has 0 heterocycles. The molecule has 2 nitrogen and oxygen atoms in total. The predicted octanol–water partition coefficient (Wildman–Crippen LogP) is 3.32. The van der Waals surface area contributed by atoms with Crippen molar-refractivity contribution in [2.45, 2.75) is 47.9 Å². The van der Waals surface area contributed by atoms with Gasteiger partial charge in [0.2, 0.25) is 6.36 Å². The minimum Gasteiger partial charge on any atom is -0.233 e. The molecule has 13 heavy (non-hydrogen) atoms. The SMILES string of the molecule is CC(C)(C)COOC(F)C(C)(C)C. The summed E-state index contributed by atoms with van der Waals surface area (Å²) in [4.78, 5) is 9.43. The van der Waals surface area contributed by atoms with Crippen LogP contribution in [0.25, 0.3) is 0 Å². The van der Waals surface area contributed by atoms with Gasteiger partial charge in [0.15, 0.2) is 0 Å². The molecule has 0 rings (SSSR count). The smallest absolute Gasteiger partial charge is 0.233 e. The fraction of sp³-hybridized carbons (Fsp3) is 1.00. The molecule has 0 aromatic rings. The lowest BCUT2D eigenvalue weighted by molar-refractivity contribution is -0.378. The molecule has 0 amide bonds. The summed E-state index contributed by atoms with van der Waals surface area (Å²) >= 11 is 0. The highest BCUT2D eigenvalue weighted by Crippen LogP contribution is 2.24. The van der Waals surface area contributed by atoms with Crippen molar-refractivity contribution in [2.75, 3.05) is 6.61 Å². The molecule has 0 aliphatic carbocycles. The van der Waals surface area contributed by atoms with E-state index >= 15 is 0 Å². The first kappa shape index (κ1) is 12.8. The first-order chi connectivity index (χ1) is 5.63. The summed E-state index contributed by atoms with van der Waals surface area (Å²) in [7, 11) is 0. The normalized spacial score (nSPS) is 15.9. The number of halogens is 1. The summed E-state index contributed by atoms with van der Waals surface area (Å²) in [6, 6.07) is 0. The first-order valence-corrected chi connectivity index (χ1v) is 4.55. The zero-order valence-corrected chi connectivity index (χ0v) is 9.48. The third-order valence-electron chi connectivity index (χ3n) is 1.33. The van der Waals surface area contributed by atoms with Gasteiger partial charge in [0.05, 0.1) is 6.61 Å². The van der Waals surface area contributed by atoms with Crippen molar-refractivity contribution in [1.29, 1.82) is 0 Å². The van der Waals surface area contributed by atoms with Gasteiger partial charge in [-0.2, -0.15) is 4.89 Å². The molecular formula is C10H21FO2. The highest BCUT2D eigenvalue weighted by molar-refractivity contribution is 4.63. The lowest BCUT2D eigenvalue weighted by Gasteiger charge is -2.24. The van der Waals surface area contributed by atoms with Crippen molar-refractivity contribution < 1.29 is 14.2 Å². The van der Waals surface area contributed by atoms with Gasteiger partial charge in [-0.25, -0.2) is 9.28 Å². The molecule has 0 fully saturated rings. The Hall–Kier alpha value is -0.150. The Balaban J connectivity index is 3.67. The van der Waals surface area contributed by atoms with Gasteiger partial charge in [0.25, 0.3) is 0 Å². The molecule has 1 unspecified atom stereocenters. The molecule has 3 heteroatoms. The summed E-state index contributed by atoms with van der Waals surface area (Å²) < 4.78 is 13.1. The van der Waals surface area contributed by atoms with E-state index in [1.165, 1.54) is 0 Å². The van der Waals surface area contributed by atoms with Crippen LogP contribution >= 0.6 is 0 Å². The minimum atomic E-state index is -1.38. The van der Waals surface area contributed by atoms with Crippen LogP contribution in [0.2, 0.25) is 0 Å². The van der Waals surface area contributed by atoms with Crippen molar-refractivity contribution >= 4 is 0 Å². The van der Waals surface area contributed by atoms with E-state index in [2.05, 4.69) is 4.89 Å². The highest BCUT2D eigenvalue weighted by atomic mass is 19.1. The number of hydrogen-bond acceptors (Lipinski definition) is 2. The topological polar surface area (TPSA) is 18.5 Å². The minimum absolute atomic E-state index is 0.00238. The van der Waals surface area contributed by atoms with Gasteiger partial charge in [-0.15, -0.1) is 0 Å². The second-order valence-electron chi connectivity index (χ2n) is 5.60. The Bertz CT molecular complexity index is 144. The van der Waals surface area contributed by atoms with Crippen LogP contribution in [0, 0.1) is 10.8 Å². The molecule has 0 saturated heterocycles. The monoisotopic (exact) mass is 192 g/mol. The van der Waals surface area contributed by atoms with E-state index in [-0.39, 0.29) is 5.41 Å². The largest absolute Gasteiger partial charge is 0.236 e. The summed E-state index contributed by atoms with van der Waals surface area (Å²) in [6.45, 7) is 11.7. The average Bonchev–Trinajstić information content (AvgIpc) is 1.82. The molecule has 0 aromatic heterocycles. The average molecular weight is 192 g/mol. The molecular weight excluding hydrogens is 171 g/mol. The van der Waals surface area contributed by atoms with Crippen LogP contribution in [0.1, 0.15) is 41.5 Å². The third-order valence-corrected chi connectivity index (χ3v) is 1.33. The number of hydrogen-bond donors (Lipinski definition) is 0. The summed E-state index contributed by atoms with van der Waals surface area (Å²) in [6.07, 6.45) is -1.38. The van der Waals surface area contributed by atoms with Crippen LogP contribution in [-0.4, -0.2) is 13.0 Å². The second-order valence-corrected chi connectivity index (χ2v) is 5.60. The zero-order valence-electron chi connectivity index (χ0n) is 9.48. The predicted molar refractivity (Wildman–Crippen MR) is 50.8 cm³/mol. The summed E-state index contributed by atoms with van der Waals surface area (Å²) in [5.41, 5.74) is -0.532. The Kier molecular flexibility index (Phi) is 4.33. The maximum absolute atomic E-state index is 13.1. The molecule has 0 aliphatic heterocycles. The van der Waals surface area contributed by atoms with Gasteiger partial charge < -0.3 is 0 Å². The fourth-order valence-electron chi connectivity index (χ4n) is 0.415. The molecule has 0 saturated carbocycles. The quantitative estimate of drug-likeness (QED) is 0.504. The van der Waals surface area contributed by atoms with Gasteiger partial charge in [0.1, 0.15) is 0 Å². The maximum Gasteiger partial charge on any atom is 0.236 e. The van der Waals surface area contributed by atoms with Crippen molar-refractivity contribution in [3.63, 3.8) is 0 Å². The van der Waals surface area contributed by atoms with Crippen LogP contribution in [0.4, 0.5) is 4.39 Å². The van der Waals surface area contributed by atoms with E-state index in [0.29, 0.717) is 6.61 Å². The van der Waals surface area contributed by atoms with E-state index < -0.39 is 11.8 Å². The zero-order chi connectivity index (χ0) is 10.7. The standard InChI is InChI=1S/C10H21FO2/c1-9(2,3)7-12-13-8(11)10(4,5)6/h8H,7H2,1-6H3. The van der Waals surface area contributed by atoms with Crippen LogP contribution in [-0.2, 0) is 9.78 Å². The summed E-state index contributed by atoms with van der Waals surface area (Å²) in [5, 5.41) is 0. The molecule has 1 atom stereocenters. The second kappa shape index (κ2) is 4.38. The van der Waals surface area contributed by atoms with Gasteiger partial charge >= 0.3 is 0 Å². The van der Waals surface area contributed by atoms with Crippen molar-refractivity contribution in [3.05, 3.63) is 0 Å². The first-order valence-electron chi connectivity index (χ1n) is 4.55. The van der Waals surface area contributed by atoms with Crippen molar-refractivity contribution in [1.82, 2.24) is 0 Å². The van der Waals surface area contributed by atoms with E-state index in [9.17, 15) is 4.39 Å². The number of rotatable bonds is 3. The van der Waals surface area contributed by atoms with E-state index in [1.807, 2.05) is 20.8 Å². The van der Waals surface area contributed by atoms with Gasteiger partial charge in [-0.1, -0.05) is 41.5 Å². The van der Waals surface area contributed by atoms with Gasteiger partial charge in [-0.05, 0) is 5.41 Å². The van der Waals surface area contributed by atoms with Crippen molar-refractivity contribution in [2.24, 2.45) is 10.8 Å². The summed E-state index contributed by atoms with van der Waals surface area (Å²) in [5.74, 6) is 0. The van der Waals surface area contributed by atoms with Gasteiger partial charge in [-0.3, -0.25) is 0 Å². The third kappa shape index (κ3) is 6.96. The lowest BCUT2D eigenvalue weighted by Crippen LogP contribution is -2.26. The molecule has 0 bridgehead atoms. The molecule has 0 aliphatic rings. The van der Waals surface area contributed by atoms with Crippen molar-refractivity contribution in [3.8, 4) is 0 Å². The van der Waals surface area contributed by atoms with Crippen LogP contribution in [0.3, 0.4) is 0 Å². The lowest BCUT2D eigenvalue weighted by atomic mass is 9.97. The van der Waals surface area contributed by atoms with Crippen LogP contribution < -0.4 is 0 Å². The maximum atomic E-state index is 13.1. The Labute approximate surface area is 80.3 Å². The van der Waals surface area contributed by atoms with Crippen LogP contribution in [0.15, 0.2) is 0 Å². The molecule has 80 valence electrons. The molecule has 0 radical (unpaired) electrons. The number of alkyl halides is 1.